The van der Waals surface area contributed by atoms with E-state index in [2.05, 4.69) is 35.0 Å². The van der Waals surface area contributed by atoms with Crippen LogP contribution in [0.2, 0.25) is 0 Å². The first-order valence-electron chi connectivity index (χ1n) is 7.85. The third-order valence-electron chi connectivity index (χ3n) is 4.19. The lowest BCUT2D eigenvalue weighted by molar-refractivity contribution is 0.137. The van der Waals surface area contributed by atoms with E-state index in [1.807, 2.05) is 0 Å². The highest BCUT2D eigenvalue weighted by molar-refractivity contribution is 7.66. The van der Waals surface area contributed by atoms with Crippen LogP contribution in [0.25, 0.3) is 0 Å². The molecule has 18 heteroatoms. The van der Waals surface area contributed by atoms with Gasteiger partial charge in [0.05, 0.1) is 25.3 Å². The number of imidazole rings is 1. The maximum atomic E-state index is 11.8. The normalized spacial score (nSPS) is 28.0. The molecular weight excluding hydrogens is 455 g/mol. The predicted octanol–water partition coefficient (Wildman–Crippen LogP) is 0.755. The van der Waals surface area contributed by atoms with Crippen LogP contribution < -0.4 is 11.1 Å². The number of hydrogen-bond acceptors (Lipinski definition) is 10. The number of nitrogens with one attached hydrogen (secondary N) is 1. The second kappa shape index (κ2) is 7.80. The summed E-state index contributed by atoms with van der Waals surface area (Å²) in [5.41, 5.74) is 7.01. The van der Waals surface area contributed by atoms with Crippen LogP contribution in [0.4, 0.5) is 5.82 Å². The van der Waals surface area contributed by atoms with E-state index < -0.39 is 42.2 Å². The van der Waals surface area contributed by atoms with Crippen LogP contribution in [0.15, 0.2) is 23.5 Å². The number of phosphoric acid groups is 3. The van der Waals surface area contributed by atoms with E-state index in [0.29, 0.717) is 23.5 Å². The van der Waals surface area contributed by atoms with Crippen molar-refractivity contribution in [3.63, 3.8) is 0 Å². The molecule has 1 aromatic rings. The van der Waals surface area contributed by atoms with Gasteiger partial charge in [-0.15, -0.1) is 0 Å². The molecule has 15 nitrogen and oxygen atoms in total. The third kappa shape index (κ3) is 5.29. The Morgan fingerprint density at radius 3 is 2.55 bits per heavy atom. The van der Waals surface area contributed by atoms with E-state index in [1.54, 1.807) is 10.9 Å². The van der Waals surface area contributed by atoms with Crippen LogP contribution in [-0.4, -0.2) is 42.1 Å². The summed E-state index contributed by atoms with van der Waals surface area (Å²) >= 11 is 0. The molecule has 0 aromatic carbocycles. The molecule has 1 aliphatic heterocycles. The van der Waals surface area contributed by atoms with Gasteiger partial charge in [0.15, 0.2) is 0 Å². The van der Waals surface area contributed by atoms with Crippen LogP contribution in [0.1, 0.15) is 24.3 Å². The minimum absolute atomic E-state index is 0.202. The molecule has 162 valence electrons. The third-order valence-corrected chi connectivity index (χ3v) is 7.99. The summed E-state index contributed by atoms with van der Waals surface area (Å²) in [5.74, 6) is 0.249. The minimum Gasteiger partial charge on any atom is -0.331 e. The molecule has 0 bridgehead atoms. The summed E-state index contributed by atoms with van der Waals surface area (Å²) in [5, 5.41) is 2.94. The van der Waals surface area contributed by atoms with Gasteiger partial charge in [0.25, 0.3) is 0 Å². The maximum absolute atomic E-state index is 11.8. The number of rotatable bonds is 8. The zero-order valence-corrected chi connectivity index (χ0v) is 17.2. The van der Waals surface area contributed by atoms with Crippen molar-refractivity contribution >= 4 is 35.6 Å². The van der Waals surface area contributed by atoms with Gasteiger partial charge in [0.1, 0.15) is 17.7 Å². The molecule has 1 saturated carbocycles. The molecule has 7 N–H and O–H groups in total. The Balaban J connectivity index is 1.56. The molecule has 1 aromatic heterocycles. The van der Waals surface area contributed by atoms with Gasteiger partial charge in [-0.2, -0.15) is 8.62 Å². The molecular formula is C11H18N5O10P3. The van der Waals surface area contributed by atoms with Gasteiger partial charge in [-0.05, 0) is 12.0 Å². The SMILES string of the molecule is C=C1[C@H](COP(=O)(O)OP(=O)(O)OP(=O)(O)O)C[C@@H]1n1cnc2c1NC=NC2N. The molecule has 0 amide bonds. The smallest absolute Gasteiger partial charge is 0.331 e. The van der Waals surface area contributed by atoms with Gasteiger partial charge in [-0.1, -0.05) is 6.58 Å². The summed E-state index contributed by atoms with van der Waals surface area (Å²) in [6.45, 7) is 3.51. The first kappa shape index (κ1) is 22.5. The Morgan fingerprint density at radius 1 is 1.24 bits per heavy atom. The highest BCUT2D eigenvalue weighted by atomic mass is 31.3. The largest absolute Gasteiger partial charge is 0.490 e. The summed E-state index contributed by atoms with van der Waals surface area (Å²) in [6, 6.07) is -0.202. The van der Waals surface area contributed by atoms with E-state index in [-0.39, 0.29) is 6.04 Å². The predicted molar refractivity (Wildman–Crippen MR) is 97.4 cm³/mol. The van der Waals surface area contributed by atoms with Crippen molar-refractivity contribution in [2.45, 2.75) is 18.6 Å². The van der Waals surface area contributed by atoms with Crippen LogP contribution in [0.5, 0.6) is 0 Å². The number of anilines is 1. The molecule has 1 fully saturated rings. The van der Waals surface area contributed by atoms with Crippen LogP contribution in [-0.2, 0) is 26.8 Å². The average Bonchev–Trinajstić information content (AvgIpc) is 2.95. The Kier molecular flexibility index (Phi) is 6.05. The molecule has 29 heavy (non-hydrogen) atoms. The van der Waals surface area contributed by atoms with E-state index in [4.69, 9.17) is 20.4 Å². The fourth-order valence-electron chi connectivity index (χ4n) is 2.86. The number of aliphatic imine (C=N–C) groups is 1. The second-order valence-electron chi connectivity index (χ2n) is 6.16. The van der Waals surface area contributed by atoms with Crippen molar-refractivity contribution in [1.82, 2.24) is 9.55 Å². The summed E-state index contributed by atoms with van der Waals surface area (Å²) in [7, 11) is -16.1. The molecule has 2 heterocycles. The van der Waals surface area contributed by atoms with Crippen molar-refractivity contribution in [3.05, 3.63) is 24.2 Å². The van der Waals surface area contributed by atoms with Crippen molar-refractivity contribution in [3.8, 4) is 0 Å². The van der Waals surface area contributed by atoms with Crippen molar-refractivity contribution in [2.75, 3.05) is 11.9 Å². The molecule has 0 radical (unpaired) electrons. The zero-order valence-electron chi connectivity index (χ0n) is 14.5. The van der Waals surface area contributed by atoms with Gasteiger partial charge in [-0.25, -0.2) is 18.7 Å². The summed E-state index contributed by atoms with van der Waals surface area (Å²) < 4.78 is 47.4. The average molecular weight is 473 g/mol. The quantitative estimate of drug-likeness (QED) is 0.226. The van der Waals surface area contributed by atoms with Gasteiger partial charge in [0, 0.05) is 5.92 Å². The molecule has 2 aliphatic rings. The second-order valence-corrected chi connectivity index (χ2v) is 10.6. The van der Waals surface area contributed by atoms with E-state index in [1.165, 1.54) is 6.34 Å². The van der Waals surface area contributed by atoms with Crippen LogP contribution >= 0.6 is 23.5 Å². The van der Waals surface area contributed by atoms with Gasteiger partial charge >= 0.3 is 23.5 Å². The number of fused-ring (bicyclic) bond motifs is 1. The van der Waals surface area contributed by atoms with Crippen LogP contribution in [0, 0.1) is 5.92 Å². The lowest BCUT2D eigenvalue weighted by atomic mass is 9.76. The molecule has 5 atom stereocenters. The molecule has 3 unspecified atom stereocenters. The van der Waals surface area contributed by atoms with E-state index >= 15 is 0 Å². The fourth-order valence-corrected chi connectivity index (χ4v) is 5.93. The van der Waals surface area contributed by atoms with Gasteiger partial charge in [0.2, 0.25) is 0 Å². The Labute approximate surface area is 163 Å². The first-order chi connectivity index (χ1) is 13.3. The zero-order chi connectivity index (χ0) is 21.6. The molecule has 3 rings (SSSR count). The number of aromatic nitrogens is 2. The summed E-state index contributed by atoms with van der Waals surface area (Å²) in [6.07, 6.45) is 2.84. The minimum atomic E-state index is -5.54. The Hall–Kier alpha value is -1.21. The highest BCUT2D eigenvalue weighted by Crippen LogP contribution is 2.66. The van der Waals surface area contributed by atoms with Crippen LogP contribution in [0.3, 0.4) is 0 Å². The van der Waals surface area contributed by atoms with Crippen molar-refractivity contribution < 1.29 is 46.4 Å². The van der Waals surface area contributed by atoms with E-state index in [9.17, 15) is 18.6 Å². The Bertz CT molecular complexity index is 988. The topological polar surface area (TPSA) is 228 Å². The molecule has 0 spiro atoms. The number of nitrogens with two attached hydrogens (primary N) is 1. The summed E-state index contributed by atoms with van der Waals surface area (Å²) in [4.78, 5) is 43.8. The highest BCUT2D eigenvalue weighted by Gasteiger charge is 2.43. The van der Waals surface area contributed by atoms with Gasteiger partial charge in [-0.3, -0.25) is 9.52 Å². The monoisotopic (exact) mass is 473 g/mol. The molecule has 0 saturated heterocycles. The first-order valence-corrected chi connectivity index (χ1v) is 12.4. The maximum Gasteiger partial charge on any atom is 0.490 e. The standard InChI is InChI=1S/C11H18N5O10P3/c1-6-7(3-24-28(20,21)26-29(22,23)25-27(17,18)19)2-8(6)16-5-15-9-10(12)13-4-14-11(9)16/h4-5,7-8,10H,1-3,12H2,(H,13,14)(H,20,21)(H,22,23)(H2,17,18,19)/t7-,8-,10?/m0/s1. The molecule has 1 aliphatic carbocycles. The lowest BCUT2D eigenvalue weighted by Gasteiger charge is -2.39. The van der Waals surface area contributed by atoms with Crippen molar-refractivity contribution in [2.24, 2.45) is 16.6 Å². The lowest BCUT2D eigenvalue weighted by Crippen LogP contribution is -2.33. The van der Waals surface area contributed by atoms with Gasteiger partial charge < -0.3 is 35.2 Å². The number of phosphoric ester groups is 1. The van der Waals surface area contributed by atoms with E-state index in [0.717, 1.165) is 0 Å². The van der Waals surface area contributed by atoms with Crippen molar-refractivity contribution in [1.29, 1.82) is 0 Å². The number of hydrogen-bond donors (Lipinski definition) is 6. The number of nitrogens with zero attached hydrogens (tertiary/aromatic N) is 3. The Morgan fingerprint density at radius 2 is 1.93 bits per heavy atom. The fraction of sp³-hybridized carbons (Fsp3) is 0.455.